The Morgan fingerprint density at radius 1 is 1.41 bits per heavy atom. The van der Waals surface area contributed by atoms with Gasteiger partial charge in [0.15, 0.2) is 6.10 Å². The Kier molecular flexibility index (Phi) is 5.56. The summed E-state index contributed by atoms with van der Waals surface area (Å²) in [6.07, 6.45) is -0.732. The molecule has 0 aliphatic heterocycles. The highest BCUT2D eigenvalue weighted by atomic mass is 79.9. The van der Waals surface area contributed by atoms with Crippen LogP contribution in [0.25, 0.3) is 0 Å². The molecule has 0 radical (unpaired) electrons. The van der Waals surface area contributed by atoms with Crippen LogP contribution in [-0.2, 0) is 9.53 Å². The largest absolute Gasteiger partial charge is 0.477 e. The van der Waals surface area contributed by atoms with Crippen LogP contribution < -0.4 is 4.74 Å². The lowest BCUT2D eigenvalue weighted by Crippen LogP contribution is -2.26. The highest BCUT2D eigenvalue weighted by Gasteiger charge is 2.17. The number of ether oxygens (including phenoxy) is 2. The van der Waals surface area contributed by atoms with Crippen LogP contribution in [0, 0.1) is 0 Å². The van der Waals surface area contributed by atoms with E-state index in [4.69, 9.17) is 32.7 Å². The van der Waals surface area contributed by atoms with Crippen molar-refractivity contribution in [3.8, 4) is 5.75 Å². The molecule has 1 atom stereocenters. The standard InChI is InChI=1S/C11H11BrCl2O3/c1-3-16-11(15)6(2)17-10-5-8(13)7(12)4-9(10)14/h4-6H,3H2,1-2H3. The van der Waals surface area contributed by atoms with Crippen LogP contribution in [-0.4, -0.2) is 18.7 Å². The van der Waals surface area contributed by atoms with Gasteiger partial charge >= 0.3 is 5.97 Å². The predicted molar refractivity (Wildman–Crippen MR) is 70.9 cm³/mol. The van der Waals surface area contributed by atoms with E-state index in [2.05, 4.69) is 15.9 Å². The number of carbonyl (C=O) groups excluding carboxylic acids is 1. The Balaban J connectivity index is 2.81. The summed E-state index contributed by atoms with van der Waals surface area (Å²) < 4.78 is 10.9. The molecular weight excluding hydrogens is 331 g/mol. The van der Waals surface area contributed by atoms with Gasteiger partial charge in [-0.05, 0) is 35.8 Å². The first-order chi connectivity index (χ1) is 7.95. The highest BCUT2D eigenvalue weighted by molar-refractivity contribution is 9.10. The van der Waals surface area contributed by atoms with Crippen molar-refractivity contribution in [1.82, 2.24) is 0 Å². The van der Waals surface area contributed by atoms with Gasteiger partial charge in [-0.1, -0.05) is 23.2 Å². The second kappa shape index (κ2) is 6.47. The van der Waals surface area contributed by atoms with Gasteiger partial charge in [-0.25, -0.2) is 4.79 Å². The van der Waals surface area contributed by atoms with E-state index in [9.17, 15) is 4.79 Å². The zero-order valence-corrected chi connectivity index (χ0v) is 12.4. The maximum absolute atomic E-state index is 11.4. The maximum Gasteiger partial charge on any atom is 0.347 e. The number of hydrogen-bond acceptors (Lipinski definition) is 3. The van der Waals surface area contributed by atoms with Crippen LogP contribution in [0.4, 0.5) is 0 Å². The van der Waals surface area contributed by atoms with Crippen molar-refractivity contribution in [2.75, 3.05) is 6.61 Å². The Morgan fingerprint density at radius 3 is 2.65 bits per heavy atom. The van der Waals surface area contributed by atoms with E-state index in [1.165, 1.54) is 0 Å². The molecule has 0 heterocycles. The molecule has 0 amide bonds. The zero-order chi connectivity index (χ0) is 13.0. The van der Waals surface area contributed by atoms with E-state index in [-0.39, 0.29) is 0 Å². The molecule has 1 rings (SSSR count). The van der Waals surface area contributed by atoms with E-state index in [0.717, 1.165) is 0 Å². The molecule has 0 aliphatic rings. The molecule has 0 spiro atoms. The van der Waals surface area contributed by atoms with Gasteiger partial charge in [-0.15, -0.1) is 0 Å². The normalized spacial score (nSPS) is 12.1. The zero-order valence-electron chi connectivity index (χ0n) is 9.30. The van der Waals surface area contributed by atoms with Crippen LogP contribution in [0.15, 0.2) is 16.6 Å². The van der Waals surface area contributed by atoms with Gasteiger partial charge in [0, 0.05) is 10.5 Å². The van der Waals surface area contributed by atoms with Crippen molar-refractivity contribution in [3.05, 3.63) is 26.7 Å². The number of hydrogen-bond donors (Lipinski definition) is 0. The summed E-state index contributed by atoms with van der Waals surface area (Å²) in [5, 5.41) is 0.831. The highest BCUT2D eigenvalue weighted by Crippen LogP contribution is 2.34. The lowest BCUT2D eigenvalue weighted by molar-refractivity contribution is -0.150. The molecule has 0 fully saturated rings. The molecule has 1 unspecified atom stereocenters. The predicted octanol–water partition coefficient (Wildman–Crippen LogP) is 4.09. The Bertz CT molecular complexity index is 423. The first kappa shape index (κ1) is 14.6. The quantitative estimate of drug-likeness (QED) is 0.611. The van der Waals surface area contributed by atoms with Gasteiger partial charge in [0.25, 0.3) is 0 Å². The molecular formula is C11H11BrCl2O3. The fraction of sp³-hybridized carbons (Fsp3) is 0.364. The third-order valence-electron chi connectivity index (χ3n) is 1.90. The summed E-state index contributed by atoms with van der Waals surface area (Å²) in [7, 11) is 0. The van der Waals surface area contributed by atoms with Crippen LogP contribution in [0.1, 0.15) is 13.8 Å². The molecule has 0 saturated heterocycles. The third kappa shape index (κ3) is 4.05. The van der Waals surface area contributed by atoms with E-state index in [1.54, 1.807) is 26.0 Å². The van der Waals surface area contributed by atoms with E-state index in [0.29, 0.717) is 26.9 Å². The smallest absolute Gasteiger partial charge is 0.347 e. The molecule has 0 bridgehead atoms. The summed E-state index contributed by atoms with van der Waals surface area (Å²) in [5.74, 6) is -0.0944. The van der Waals surface area contributed by atoms with Crippen LogP contribution in [0.5, 0.6) is 5.75 Å². The second-order valence-electron chi connectivity index (χ2n) is 3.21. The lowest BCUT2D eigenvalue weighted by Gasteiger charge is -2.14. The molecule has 94 valence electrons. The minimum absolute atomic E-state index is 0.307. The van der Waals surface area contributed by atoms with Crippen molar-refractivity contribution in [3.63, 3.8) is 0 Å². The Morgan fingerprint density at radius 2 is 2.06 bits per heavy atom. The van der Waals surface area contributed by atoms with Crippen LogP contribution in [0.2, 0.25) is 10.0 Å². The summed E-state index contributed by atoms with van der Waals surface area (Å²) >= 11 is 15.1. The van der Waals surface area contributed by atoms with Crippen LogP contribution >= 0.6 is 39.1 Å². The lowest BCUT2D eigenvalue weighted by atomic mass is 10.3. The number of carbonyl (C=O) groups is 1. The monoisotopic (exact) mass is 340 g/mol. The summed E-state index contributed by atoms with van der Waals surface area (Å²) in [6, 6.07) is 3.15. The minimum Gasteiger partial charge on any atom is -0.477 e. The van der Waals surface area contributed by atoms with Gasteiger partial charge in [0.1, 0.15) is 5.75 Å². The molecule has 3 nitrogen and oxygen atoms in total. The van der Waals surface area contributed by atoms with Gasteiger partial charge < -0.3 is 9.47 Å². The average molecular weight is 342 g/mol. The number of rotatable bonds is 4. The molecule has 1 aromatic rings. The fourth-order valence-corrected chi connectivity index (χ4v) is 1.93. The van der Waals surface area contributed by atoms with E-state index >= 15 is 0 Å². The Labute approximate surface area is 118 Å². The van der Waals surface area contributed by atoms with Gasteiger partial charge in [-0.2, -0.15) is 0 Å². The molecule has 1 aromatic carbocycles. The Hall–Kier alpha value is -0.450. The maximum atomic E-state index is 11.4. The van der Waals surface area contributed by atoms with Crippen molar-refractivity contribution >= 4 is 45.1 Å². The van der Waals surface area contributed by atoms with E-state index < -0.39 is 12.1 Å². The third-order valence-corrected chi connectivity index (χ3v) is 3.39. The van der Waals surface area contributed by atoms with Crippen molar-refractivity contribution in [1.29, 1.82) is 0 Å². The minimum atomic E-state index is -0.732. The summed E-state index contributed by atoms with van der Waals surface area (Å²) in [5.41, 5.74) is 0. The topological polar surface area (TPSA) is 35.5 Å². The first-order valence-electron chi connectivity index (χ1n) is 4.93. The molecule has 0 aromatic heterocycles. The van der Waals surface area contributed by atoms with Gasteiger partial charge in [0.05, 0.1) is 16.7 Å². The van der Waals surface area contributed by atoms with Crippen molar-refractivity contribution < 1.29 is 14.3 Å². The number of benzene rings is 1. The van der Waals surface area contributed by atoms with E-state index in [1.807, 2.05) is 0 Å². The SMILES string of the molecule is CCOC(=O)C(C)Oc1cc(Cl)c(Br)cc1Cl. The first-order valence-corrected chi connectivity index (χ1v) is 6.48. The van der Waals surface area contributed by atoms with Gasteiger partial charge in [-0.3, -0.25) is 0 Å². The number of halogens is 3. The summed E-state index contributed by atoms with van der Waals surface area (Å²) in [6.45, 7) is 3.62. The number of esters is 1. The fourth-order valence-electron chi connectivity index (χ4n) is 1.09. The molecule has 6 heteroatoms. The van der Waals surface area contributed by atoms with Crippen molar-refractivity contribution in [2.24, 2.45) is 0 Å². The summed E-state index contributed by atoms with van der Waals surface area (Å²) in [4.78, 5) is 11.4. The second-order valence-corrected chi connectivity index (χ2v) is 4.88. The van der Waals surface area contributed by atoms with Crippen LogP contribution in [0.3, 0.4) is 0 Å². The van der Waals surface area contributed by atoms with Gasteiger partial charge in [0.2, 0.25) is 0 Å². The molecule has 0 saturated carbocycles. The molecule has 0 aliphatic carbocycles. The van der Waals surface area contributed by atoms with Crippen molar-refractivity contribution in [2.45, 2.75) is 20.0 Å². The molecule has 0 N–H and O–H groups in total. The average Bonchev–Trinajstić information content (AvgIpc) is 2.26. The molecule has 17 heavy (non-hydrogen) atoms.